The number of nitrogens with zero attached hydrogens (tertiary/aromatic N) is 2. The minimum Gasteiger partial charge on any atom is -0.365 e. The van der Waals surface area contributed by atoms with Crippen molar-refractivity contribution in [2.24, 2.45) is 0 Å². The van der Waals surface area contributed by atoms with Crippen LogP contribution in [0.3, 0.4) is 0 Å². The van der Waals surface area contributed by atoms with Gasteiger partial charge in [0.2, 0.25) is 0 Å². The Hall–Kier alpha value is -0.500. The molecule has 0 radical (unpaired) electrons. The van der Waals surface area contributed by atoms with E-state index in [-0.39, 0.29) is 0 Å². The van der Waals surface area contributed by atoms with Crippen LogP contribution in [0.2, 0.25) is 0 Å². The number of hydrogen-bond donors (Lipinski definition) is 0. The van der Waals surface area contributed by atoms with Crippen molar-refractivity contribution >= 4 is 0 Å². The van der Waals surface area contributed by atoms with E-state index in [0.717, 1.165) is 6.54 Å². The molecule has 2 nitrogen and oxygen atoms in total. The topological polar surface area (TPSA) is 6.48 Å². The molecule has 1 unspecified atom stereocenters. The van der Waals surface area contributed by atoms with E-state index in [9.17, 15) is 0 Å². The molecule has 0 amide bonds. The van der Waals surface area contributed by atoms with Gasteiger partial charge in [0.1, 0.15) is 0 Å². The second kappa shape index (κ2) is 3.26. The molecule has 0 aromatic carbocycles. The SMILES string of the molecule is CCC1=CN(C)C(C)N(C)C1. The van der Waals surface area contributed by atoms with Gasteiger partial charge in [-0.05, 0) is 26.0 Å². The van der Waals surface area contributed by atoms with Crippen LogP contribution in [0.15, 0.2) is 11.8 Å². The molecule has 2 heteroatoms. The van der Waals surface area contributed by atoms with Crippen molar-refractivity contribution in [2.75, 3.05) is 20.6 Å². The molecule has 64 valence electrons. The van der Waals surface area contributed by atoms with E-state index in [1.807, 2.05) is 0 Å². The molecule has 1 heterocycles. The van der Waals surface area contributed by atoms with Gasteiger partial charge in [-0.25, -0.2) is 0 Å². The van der Waals surface area contributed by atoms with Crippen molar-refractivity contribution in [3.05, 3.63) is 11.8 Å². The molecule has 0 bridgehead atoms. The van der Waals surface area contributed by atoms with Crippen LogP contribution in [-0.2, 0) is 0 Å². The van der Waals surface area contributed by atoms with Crippen molar-refractivity contribution in [1.82, 2.24) is 9.80 Å². The monoisotopic (exact) mass is 154 g/mol. The Labute approximate surface area is 69.5 Å². The molecule has 1 rings (SSSR count). The molecule has 1 aliphatic rings. The van der Waals surface area contributed by atoms with Crippen LogP contribution in [0.4, 0.5) is 0 Å². The maximum Gasteiger partial charge on any atom is 0.0783 e. The molecule has 0 N–H and O–H groups in total. The summed E-state index contributed by atoms with van der Waals surface area (Å²) < 4.78 is 0. The highest BCUT2D eigenvalue weighted by atomic mass is 15.3. The summed E-state index contributed by atoms with van der Waals surface area (Å²) in [5.41, 5.74) is 1.52. The minimum absolute atomic E-state index is 0.547. The smallest absolute Gasteiger partial charge is 0.0783 e. The van der Waals surface area contributed by atoms with Crippen LogP contribution >= 0.6 is 0 Å². The predicted octanol–water partition coefficient (Wildman–Crippen LogP) is 1.50. The van der Waals surface area contributed by atoms with Crippen molar-refractivity contribution in [3.63, 3.8) is 0 Å². The van der Waals surface area contributed by atoms with E-state index in [1.165, 1.54) is 12.0 Å². The zero-order chi connectivity index (χ0) is 8.43. The number of likely N-dealkylation sites (N-methyl/N-ethyl adjacent to an activating group) is 1. The molecule has 0 aliphatic carbocycles. The highest BCUT2D eigenvalue weighted by molar-refractivity contribution is 5.06. The Kier molecular flexibility index (Phi) is 2.55. The number of hydrogen-bond acceptors (Lipinski definition) is 2. The average Bonchev–Trinajstić information content (AvgIpc) is 1.99. The van der Waals surface area contributed by atoms with Gasteiger partial charge in [0.15, 0.2) is 0 Å². The van der Waals surface area contributed by atoms with Gasteiger partial charge in [0, 0.05) is 19.8 Å². The first-order chi connectivity index (χ1) is 5.15. The van der Waals surface area contributed by atoms with E-state index in [1.54, 1.807) is 0 Å². The van der Waals surface area contributed by atoms with Crippen molar-refractivity contribution in [2.45, 2.75) is 26.4 Å². The molecule has 0 spiro atoms. The summed E-state index contributed by atoms with van der Waals surface area (Å²) in [4.78, 5) is 4.63. The second-order valence-corrected chi connectivity index (χ2v) is 3.35. The third-order valence-corrected chi connectivity index (χ3v) is 2.52. The Morgan fingerprint density at radius 3 is 2.64 bits per heavy atom. The maximum atomic E-state index is 2.36. The lowest BCUT2D eigenvalue weighted by Crippen LogP contribution is -2.44. The van der Waals surface area contributed by atoms with Gasteiger partial charge < -0.3 is 4.90 Å². The molecule has 0 saturated carbocycles. The van der Waals surface area contributed by atoms with E-state index >= 15 is 0 Å². The fourth-order valence-corrected chi connectivity index (χ4v) is 1.40. The van der Waals surface area contributed by atoms with Gasteiger partial charge in [-0.3, -0.25) is 4.90 Å². The fourth-order valence-electron chi connectivity index (χ4n) is 1.40. The summed E-state index contributed by atoms with van der Waals surface area (Å²) in [5.74, 6) is 0. The van der Waals surface area contributed by atoms with Crippen molar-refractivity contribution in [1.29, 1.82) is 0 Å². The lowest BCUT2D eigenvalue weighted by atomic mass is 10.1. The van der Waals surface area contributed by atoms with E-state index in [0.29, 0.717) is 6.17 Å². The van der Waals surface area contributed by atoms with E-state index < -0.39 is 0 Å². The largest absolute Gasteiger partial charge is 0.365 e. The predicted molar refractivity (Wildman–Crippen MR) is 48.2 cm³/mol. The highest BCUT2D eigenvalue weighted by Crippen LogP contribution is 2.15. The van der Waals surface area contributed by atoms with Gasteiger partial charge in [0.05, 0.1) is 6.17 Å². The zero-order valence-corrected chi connectivity index (χ0v) is 7.96. The Balaban J connectivity index is 2.68. The first-order valence-electron chi connectivity index (χ1n) is 4.27. The molecule has 1 atom stereocenters. The third-order valence-electron chi connectivity index (χ3n) is 2.52. The Morgan fingerprint density at radius 2 is 2.18 bits per heavy atom. The second-order valence-electron chi connectivity index (χ2n) is 3.35. The van der Waals surface area contributed by atoms with Crippen LogP contribution in [0.1, 0.15) is 20.3 Å². The Bertz CT molecular complexity index is 163. The molecule has 1 aliphatic heterocycles. The zero-order valence-electron chi connectivity index (χ0n) is 7.96. The molecule has 0 fully saturated rings. The van der Waals surface area contributed by atoms with Gasteiger partial charge in [-0.2, -0.15) is 0 Å². The summed E-state index contributed by atoms with van der Waals surface area (Å²) in [5, 5.41) is 0. The quantitative estimate of drug-likeness (QED) is 0.565. The van der Waals surface area contributed by atoms with Crippen LogP contribution in [-0.4, -0.2) is 36.6 Å². The molecular formula is C9H18N2. The van der Waals surface area contributed by atoms with E-state index in [4.69, 9.17) is 0 Å². The van der Waals surface area contributed by atoms with Gasteiger partial charge in [-0.1, -0.05) is 6.92 Å². The van der Waals surface area contributed by atoms with Crippen molar-refractivity contribution in [3.8, 4) is 0 Å². The highest BCUT2D eigenvalue weighted by Gasteiger charge is 2.17. The van der Waals surface area contributed by atoms with Crippen LogP contribution < -0.4 is 0 Å². The maximum absolute atomic E-state index is 2.36. The summed E-state index contributed by atoms with van der Waals surface area (Å²) in [6, 6.07) is 0. The molecule has 0 saturated heterocycles. The van der Waals surface area contributed by atoms with Crippen LogP contribution in [0, 0.1) is 0 Å². The van der Waals surface area contributed by atoms with Gasteiger partial charge in [0.25, 0.3) is 0 Å². The average molecular weight is 154 g/mol. The molecular weight excluding hydrogens is 136 g/mol. The fraction of sp³-hybridized carbons (Fsp3) is 0.778. The summed E-state index contributed by atoms with van der Waals surface area (Å²) >= 11 is 0. The van der Waals surface area contributed by atoms with Gasteiger partial charge >= 0.3 is 0 Å². The summed E-state index contributed by atoms with van der Waals surface area (Å²) in [7, 11) is 4.31. The Morgan fingerprint density at radius 1 is 1.55 bits per heavy atom. The molecule has 0 aromatic heterocycles. The molecule has 11 heavy (non-hydrogen) atoms. The lowest BCUT2D eigenvalue weighted by Gasteiger charge is -2.37. The first kappa shape index (κ1) is 8.60. The third kappa shape index (κ3) is 1.74. The lowest BCUT2D eigenvalue weighted by molar-refractivity contribution is 0.127. The van der Waals surface area contributed by atoms with Crippen LogP contribution in [0.25, 0.3) is 0 Å². The standard InChI is InChI=1S/C9H18N2/c1-5-9-6-10(3)8(2)11(4)7-9/h6,8H,5,7H2,1-4H3. The summed E-state index contributed by atoms with van der Waals surface area (Å²) in [6.07, 6.45) is 3.98. The molecule has 0 aromatic rings. The van der Waals surface area contributed by atoms with Crippen molar-refractivity contribution < 1.29 is 0 Å². The summed E-state index contributed by atoms with van der Waals surface area (Å²) in [6.45, 7) is 5.56. The minimum atomic E-state index is 0.547. The normalized spacial score (nSPS) is 27.1. The van der Waals surface area contributed by atoms with Gasteiger partial charge in [-0.15, -0.1) is 0 Å². The van der Waals surface area contributed by atoms with Crippen LogP contribution in [0.5, 0.6) is 0 Å². The first-order valence-corrected chi connectivity index (χ1v) is 4.27. The number of rotatable bonds is 1. The van der Waals surface area contributed by atoms with E-state index in [2.05, 4.69) is 43.9 Å².